The summed E-state index contributed by atoms with van der Waals surface area (Å²) in [6.45, 7) is 3.92. The second-order valence-corrected chi connectivity index (χ2v) is 6.70. The van der Waals surface area contributed by atoms with Crippen LogP contribution in [0.15, 0.2) is 36.4 Å². The molecule has 0 saturated heterocycles. The Morgan fingerprint density at radius 1 is 1.36 bits per heavy atom. The number of amides is 1. The number of carbonyl (C=O) groups excluding carboxylic acids is 1. The van der Waals surface area contributed by atoms with E-state index in [2.05, 4.69) is 30.4 Å². The lowest BCUT2D eigenvalue weighted by Gasteiger charge is -2.31. The van der Waals surface area contributed by atoms with Crippen LogP contribution in [0.4, 0.5) is 0 Å². The summed E-state index contributed by atoms with van der Waals surface area (Å²) in [5.41, 5.74) is 1.12. The van der Waals surface area contributed by atoms with Crippen LogP contribution >= 0.6 is 11.3 Å². The highest BCUT2D eigenvalue weighted by Gasteiger charge is 2.35. The molecule has 1 aromatic heterocycles. The maximum absolute atomic E-state index is 12.6. The van der Waals surface area contributed by atoms with Gasteiger partial charge in [-0.2, -0.15) is 0 Å². The van der Waals surface area contributed by atoms with Crippen molar-refractivity contribution in [2.24, 2.45) is 0 Å². The first-order chi connectivity index (χ1) is 10.4. The van der Waals surface area contributed by atoms with E-state index in [4.69, 9.17) is 5.41 Å². The number of nitrogens with one attached hydrogen (secondary N) is 2. The molecule has 22 heavy (non-hydrogen) atoms. The van der Waals surface area contributed by atoms with E-state index in [1.807, 2.05) is 25.1 Å². The van der Waals surface area contributed by atoms with Crippen LogP contribution in [0.3, 0.4) is 0 Å². The summed E-state index contributed by atoms with van der Waals surface area (Å²) in [5.74, 6) is -0.162. The van der Waals surface area contributed by atoms with Gasteiger partial charge in [0.15, 0.2) is 0 Å². The maximum Gasteiger partial charge on any atom is 0.252 e. The summed E-state index contributed by atoms with van der Waals surface area (Å²) in [4.78, 5) is 16.3. The van der Waals surface area contributed by atoms with Crippen molar-refractivity contribution in [2.75, 3.05) is 14.1 Å². The summed E-state index contributed by atoms with van der Waals surface area (Å²) in [6, 6.07) is 12.2. The van der Waals surface area contributed by atoms with Crippen LogP contribution in [0.1, 0.15) is 17.4 Å². The van der Waals surface area contributed by atoms with Gasteiger partial charge in [-0.3, -0.25) is 10.2 Å². The minimum absolute atomic E-state index is 0.162. The largest absolute Gasteiger partial charge is 0.305 e. The molecular weight excluding hydrogens is 294 g/mol. The molecule has 0 aliphatic carbocycles. The fourth-order valence-electron chi connectivity index (χ4n) is 2.36. The second kappa shape index (κ2) is 6.42. The number of thiophene rings is 1. The highest BCUT2D eigenvalue weighted by molar-refractivity contribution is 7.15. The highest BCUT2D eigenvalue weighted by atomic mass is 32.1. The third-order valence-corrected chi connectivity index (χ3v) is 4.96. The molecule has 5 heteroatoms. The Morgan fingerprint density at radius 3 is 2.64 bits per heavy atom. The zero-order valence-corrected chi connectivity index (χ0v) is 14.1. The van der Waals surface area contributed by atoms with E-state index >= 15 is 0 Å². The van der Waals surface area contributed by atoms with Gasteiger partial charge in [-0.15, -0.1) is 11.3 Å². The van der Waals surface area contributed by atoms with E-state index in [1.165, 1.54) is 14.7 Å². The minimum atomic E-state index is -0.866. The van der Waals surface area contributed by atoms with E-state index < -0.39 is 5.54 Å². The second-order valence-electron chi connectivity index (χ2n) is 5.41. The fraction of sp³-hybridized carbons (Fsp3) is 0.294. The van der Waals surface area contributed by atoms with Crippen molar-refractivity contribution >= 4 is 23.6 Å². The van der Waals surface area contributed by atoms with E-state index in [0.29, 0.717) is 0 Å². The van der Waals surface area contributed by atoms with Crippen LogP contribution in [-0.4, -0.2) is 31.2 Å². The van der Waals surface area contributed by atoms with Crippen molar-refractivity contribution in [3.63, 3.8) is 0 Å². The molecule has 2 aromatic rings. The Labute approximate surface area is 135 Å². The quantitative estimate of drug-likeness (QED) is 0.657. The standard InChI is InChI=1S/C17H21N3OS/c1-12-8-9-15(22-12)13-6-5-7-14(10-13)17(2,19-3)16(21)20(4)11-18/h5-11,18-19H,1-4H3. The van der Waals surface area contributed by atoms with Crippen LogP contribution < -0.4 is 5.32 Å². The Bertz CT molecular complexity index is 695. The number of benzene rings is 1. The molecule has 0 aliphatic rings. The van der Waals surface area contributed by atoms with Gasteiger partial charge in [0.1, 0.15) is 5.54 Å². The first kappa shape index (κ1) is 16.4. The summed E-state index contributed by atoms with van der Waals surface area (Å²) in [7, 11) is 3.36. The number of carbonyl (C=O) groups is 1. The van der Waals surface area contributed by atoms with Crippen LogP contribution in [0, 0.1) is 12.3 Å². The fourth-order valence-corrected chi connectivity index (χ4v) is 3.22. The van der Waals surface area contributed by atoms with Gasteiger partial charge in [0.05, 0.1) is 6.34 Å². The molecule has 1 heterocycles. The molecule has 1 unspecified atom stereocenters. The summed E-state index contributed by atoms with van der Waals surface area (Å²) in [5, 5.41) is 10.4. The van der Waals surface area contributed by atoms with Gasteiger partial charge >= 0.3 is 0 Å². The normalized spacial score (nSPS) is 13.5. The van der Waals surface area contributed by atoms with Crippen molar-refractivity contribution in [3.05, 3.63) is 46.8 Å². The molecule has 116 valence electrons. The number of rotatable bonds is 5. The predicted octanol–water partition coefficient (Wildman–Crippen LogP) is 3.22. The molecule has 0 saturated carbocycles. The molecule has 0 radical (unpaired) electrons. The first-order valence-electron chi connectivity index (χ1n) is 7.06. The zero-order valence-electron chi connectivity index (χ0n) is 13.3. The first-order valence-corrected chi connectivity index (χ1v) is 7.88. The molecule has 0 aliphatic heterocycles. The third-order valence-electron chi connectivity index (χ3n) is 3.91. The third kappa shape index (κ3) is 2.96. The van der Waals surface area contributed by atoms with Crippen LogP contribution in [0.2, 0.25) is 0 Å². The van der Waals surface area contributed by atoms with E-state index in [9.17, 15) is 4.79 Å². The average Bonchev–Trinajstić information content (AvgIpc) is 2.99. The number of hydrogen-bond donors (Lipinski definition) is 2. The molecule has 1 amide bonds. The van der Waals surface area contributed by atoms with Gasteiger partial charge in [0.2, 0.25) is 0 Å². The van der Waals surface area contributed by atoms with Crippen molar-refractivity contribution in [1.82, 2.24) is 10.2 Å². The van der Waals surface area contributed by atoms with Gasteiger partial charge in [-0.25, -0.2) is 0 Å². The molecule has 0 bridgehead atoms. The highest BCUT2D eigenvalue weighted by Crippen LogP contribution is 2.31. The van der Waals surface area contributed by atoms with Crippen LogP contribution in [0.5, 0.6) is 0 Å². The molecule has 2 rings (SSSR count). The van der Waals surface area contributed by atoms with E-state index in [1.54, 1.807) is 25.4 Å². The lowest BCUT2D eigenvalue weighted by atomic mass is 9.89. The molecule has 0 spiro atoms. The smallest absolute Gasteiger partial charge is 0.252 e. The van der Waals surface area contributed by atoms with E-state index in [-0.39, 0.29) is 5.91 Å². The molecule has 1 atom stereocenters. The van der Waals surface area contributed by atoms with Gasteiger partial charge < -0.3 is 10.2 Å². The number of nitrogens with zero attached hydrogens (tertiary/aromatic N) is 1. The van der Waals surface area contributed by atoms with Crippen molar-refractivity contribution in [3.8, 4) is 10.4 Å². The molecule has 0 fully saturated rings. The topological polar surface area (TPSA) is 56.2 Å². The molecular formula is C17H21N3OS. The van der Waals surface area contributed by atoms with Crippen molar-refractivity contribution in [1.29, 1.82) is 5.41 Å². The zero-order chi connectivity index (χ0) is 16.3. The lowest BCUT2D eigenvalue weighted by molar-refractivity contribution is -0.132. The minimum Gasteiger partial charge on any atom is -0.305 e. The number of aryl methyl sites for hydroxylation is 1. The number of likely N-dealkylation sites (N-methyl/N-ethyl adjacent to an activating group) is 2. The van der Waals surface area contributed by atoms with Gasteiger partial charge in [-0.05, 0) is 50.2 Å². The van der Waals surface area contributed by atoms with Gasteiger partial charge in [0.25, 0.3) is 5.91 Å². The average molecular weight is 315 g/mol. The van der Waals surface area contributed by atoms with Crippen molar-refractivity contribution < 1.29 is 4.79 Å². The van der Waals surface area contributed by atoms with E-state index in [0.717, 1.165) is 17.5 Å². The van der Waals surface area contributed by atoms with Crippen LogP contribution in [0.25, 0.3) is 10.4 Å². The molecule has 2 N–H and O–H groups in total. The Hall–Kier alpha value is -1.98. The summed E-state index contributed by atoms with van der Waals surface area (Å²) < 4.78 is 0. The number of hydrogen-bond acceptors (Lipinski definition) is 4. The maximum atomic E-state index is 12.6. The van der Waals surface area contributed by atoms with Crippen LogP contribution in [-0.2, 0) is 10.3 Å². The summed E-state index contributed by atoms with van der Waals surface area (Å²) in [6.07, 6.45) is 1.03. The van der Waals surface area contributed by atoms with Gasteiger partial charge in [0, 0.05) is 16.8 Å². The SMILES string of the molecule is CNC(C)(C(=O)N(C)C=N)c1cccc(-c2ccc(C)s2)c1. The monoisotopic (exact) mass is 315 g/mol. The van der Waals surface area contributed by atoms with Gasteiger partial charge in [-0.1, -0.05) is 18.2 Å². The lowest BCUT2D eigenvalue weighted by Crippen LogP contribution is -2.51. The Balaban J connectivity index is 2.46. The Kier molecular flexibility index (Phi) is 4.78. The molecule has 4 nitrogen and oxygen atoms in total. The summed E-state index contributed by atoms with van der Waals surface area (Å²) >= 11 is 1.74. The van der Waals surface area contributed by atoms with Crippen molar-refractivity contribution in [2.45, 2.75) is 19.4 Å². The molecule has 1 aromatic carbocycles. The predicted molar refractivity (Wildman–Crippen MR) is 92.5 cm³/mol. The Morgan fingerprint density at radius 2 is 2.09 bits per heavy atom.